The van der Waals surface area contributed by atoms with Crippen molar-refractivity contribution in [2.24, 2.45) is 0 Å². The smallest absolute Gasteiger partial charge is 0.322 e. The first-order valence-corrected chi connectivity index (χ1v) is 8.91. The molecule has 2 aromatic carbocycles. The van der Waals surface area contributed by atoms with Crippen molar-refractivity contribution in [1.29, 1.82) is 0 Å². The Morgan fingerprint density at radius 2 is 2.00 bits per heavy atom. The number of benzene rings is 2. The van der Waals surface area contributed by atoms with Crippen LogP contribution in [-0.2, 0) is 0 Å². The molecule has 1 unspecified atom stereocenters. The molecule has 0 bridgehead atoms. The third-order valence-electron chi connectivity index (χ3n) is 4.83. The standard InChI is InChI=1S/C20H22N4O2/c1-26-15-11-9-14(10-12-15)21-20(25)24-13-5-4-8-18(24)19-22-16-6-2-3-7-17(16)23-19/h2-3,6-7,9-12,18H,4-5,8,13H2,1H3,(H,21,25)(H,22,23). The molecule has 1 atom stereocenters. The summed E-state index contributed by atoms with van der Waals surface area (Å²) in [5.74, 6) is 1.62. The maximum Gasteiger partial charge on any atom is 0.322 e. The predicted octanol–water partition coefficient (Wildman–Crippen LogP) is 4.33. The summed E-state index contributed by atoms with van der Waals surface area (Å²) in [5.41, 5.74) is 2.69. The second-order valence-corrected chi connectivity index (χ2v) is 6.50. The van der Waals surface area contributed by atoms with Crippen molar-refractivity contribution in [1.82, 2.24) is 14.9 Å². The molecule has 0 spiro atoms. The minimum Gasteiger partial charge on any atom is -0.497 e. The third-order valence-corrected chi connectivity index (χ3v) is 4.83. The van der Waals surface area contributed by atoms with Crippen LogP contribution in [0.3, 0.4) is 0 Å². The molecule has 1 aliphatic heterocycles. The van der Waals surface area contributed by atoms with E-state index in [2.05, 4.69) is 10.3 Å². The molecular formula is C20H22N4O2. The van der Waals surface area contributed by atoms with Crippen molar-refractivity contribution in [3.8, 4) is 5.75 Å². The van der Waals surface area contributed by atoms with Gasteiger partial charge in [-0.2, -0.15) is 0 Å². The van der Waals surface area contributed by atoms with E-state index in [9.17, 15) is 4.79 Å². The number of rotatable bonds is 3. The zero-order valence-electron chi connectivity index (χ0n) is 14.7. The van der Waals surface area contributed by atoms with Crippen LogP contribution in [-0.4, -0.2) is 34.6 Å². The van der Waals surface area contributed by atoms with Gasteiger partial charge in [0.05, 0.1) is 24.2 Å². The Morgan fingerprint density at radius 3 is 2.77 bits per heavy atom. The normalized spacial score (nSPS) is 17.3. The van der Waals surface area contributed by atoms with Gasteiger partial charge in [0.15, 0.2) is 0 Å². The SMILES string of the molecule is COc1ccc(NC(=O)N2CCCCC2c2nc3ccccc3[nH]2)cc1. The monoisotopic (exact) mass is 350 g/mol. The molecule has 4 rings (SSSR count). The van der Waals surface area contributed by atoms with Gasteiger partial charge >= 0.3 is 6.03 Å². The second kappa shape index (κ2) is 7.07. The Balaban J connectivity index is 1.55. The van der Waals surface area contributed by atoms with Gasteiger partial charge in [0.1, 0.15) is 11.6 Å². The summed E-state index contributed by atoms with van der Waals surface area (Å²) in [7, 11) is 1.62. The summed E-state index contributed by atoms with van der Waals surface area (Å²) in [6.07, 6.45) is 3.01. The number of methoxy groups -OCH3 is 1. The number of para-hydroxylation sites is 2. The van der Waals surface area contributed by atoms with E-state index in [4.69, 9.17) is 9.72 Å². The molecule has 26 heavy (non-hydrogen) atoms. The lowest BCUT2D eigenvalue weighted by molar-refractivity contribution is 0.160. The maximum atomic E-state index is 12.9. The fourth-order valence-corrected chi connectivity index (χ4v) is 3.46. The number of anilines is 1. The molecule has 134 valence electrons. The fraction of sp³-hybridized carbons (Fsp3) is 0.300. The van der Waals surface area contributed by atoms with E-state index in [0.29, 0.717) is 0 Å². The Hall–Kier alpha value is -3.02. The lowest BCUT2D eigenvalue weighted by Crippen LogP contribution is -2.41. The fourth-order valence-electron chi connectivity index (χ4n) is 3.46. The number of aromatic amines is 1. The van der Waals surface area contributed by atoms with Crippen LogP contribution in [0.2, 0.25) is 0 Å². The average molecular weight is 350 g/mol. The van der Waals surface area contributed by atoms with E-state index >= 15 is 0 Å². The molecule has 2 N–H and O–H groups in total. The molecule has 1 fully saturated rings. The van der Waals surface area contributed by atoms with Crippen LogP contribution in [0.5, 0.6) is 5.75 Å². The summed E-state index contributed by atoms with van der Waals surface area (Å²) in [5, 5.41) is 2.99. The Morgan fingerprint density at radius 1 is 1.19 bits per heavy atom. The predicted molar refractivity (Wildman–Crippen MR) is 101 cm³/mol. The highest BCUT2D eigenvalue weighted by atomic mass is 16.5. The Labute approximate surface area is 152 Å². The molecule has 6 heteroatoms. The molecule has 0 saturated carbocycles. The van der Waals surface area contributed by atoms with Crippen LogP contribution in [0.25, 0.3) is 11.0 Å². The van der Waals surface area contributed by atoms with Crippen molar-refractivity contribution < 1.29 is 9.53 Å². The van der Waals surface area contributed by atoms with Gasteiger partial charge in [0.25, 0.3) is 0 Å². The van der Waals surface area contributed by atoms with Crippen LogP contribution in [0, 0.1) is 0 Å². The average Bonchev–Trinajstić information content (AvgIpc) is 3.12. The van der Waals surface area contributed by atoms with Crippen LogP contribution in [0.4, 0.5) is 10.5 Å². The second-order valence-electron chi connectivity index (χ2n) is 6.50. The zero-order valence-corrected chi connectivity index (χ0v) is 14.7. The van der Waals surface area contributed by atoms with Crippen LogP contribution in [0.1, 0.15) is 31.1 Å². The van der Waals surface area contributed by atoms with Gasteiger partial charge in [0, 0.05) is 12.2 Å². The van der Waals surface area contributed by atoms with Crippen molar-refractivity contribution in [2.45, 2.75) is 25.3 Å². The van der Waals surface area contributed by atoms with Gasteiger partial charge in [0.2, 0.25) is 0 Å². The minimum atomic E-state index is -0.0969. The number of H-pyrrole nitrogens is 1. The number of fused-ring (bicyclic) bond motifs is 1. The van der Waals surface area contributed by atoms with Gasteiger partial charge < -0.3 is 19.9 Å². The van der Waals surface area contributed by atoms with E-state index in [0.717, 1.165) is 54.1 Å². The lowest BCUT2D eigenvalue weighted by atomic mass is 10.0. The number of hydrogen-bond acceptors (Lipinski definition) is 3. The quantitative estimate of drug-likeness (QED) is 0.738. The number of likely N-dealkylation sites (tertiary alicyclic amines) is 1. The van der Waals surface area contributed by atoms with Crippen LogP contribution in [0.15, 0.2) is 48.5 Å². The number of amides is 2. The van der Waals surface area contributed by atoms with Crippen molar-refractivity contribution >= 4 is 22.8 Å². The molecule has 1 aromatic heterocycles. The van der Waals surface area contributed by atoms with E-state index < -0.39 is 0 Å². The summed E-state index contributed by atoms with van der Waals surface area (Å²) in [4.78, 5) is 22.8. The highest BCUT2D eigenvalue weighted by Crippen LogP contribution is 2.31. The molecular weight excluding hydrogens is 328 g/mol. The highest BCUT2D eigenvalue weighted by molar-refractivity contribution is 5.89. The van der Waals surface area contributed by atoms with E-state index in [-0.39, 0.29) is 12.1 Å². The number of urea groups is 1. The van der Waals surface area contributed by atoms with Gasteiger partial charge in [-0.05, 0) is 55.7 Å². The number of imidazole rings is 1. The Kier molecular flexibility index (Phi) is 4.48. The van der Waals surface area contributed by atoms with Gasteiger partial charge in [-0.15, -0.1) is 0 Å². The van der Waals surface area contributed by atoms with Crippen molar-refractivity contribution in [2.75, 3.05) is 19.0 Å². The van der Waals surface area contributed by atoms with Gasteiger partial charge in [-0.3, -0.25) is 0 Å². The lowest BCUT2D eigenvalue weighted by Gasteiger charge is -2.34. The number of piperidine rings is 1. The first-order chi connectivity index (χ1) is 12.7. The largest absolute Gasteiger partial charge is 0.497 e. The third kappa shape index (κ3) is 3.22. The molecule has 0 aliphatic carbocycles. The zero-order chi connectivity index (χ0) is 17.9. The number of hydrogen-bond donors (Lipinski definition) is 2. The van der Waals surface area contributed by atoms with E-state index in [1.807, 2.05) is 53.4 Å². The van der Waals surface area contributed by atoms with Crippen molar-refractivity contribution in [3.63, 3.8) is 0 Å². The van der Waals surface area contributed by atoms with E-state index in [1.54, 1.807) is 7.11 Å². The number of aromatic nitrogens is 2. The maximum absolute atomic E-state index is 12.9. The first kappa shape index (κ1) is 16.4. The van der Waals surface area contributed by atoms with Gasteiger partial charge in [-0.1, -0.05) is 12.1 Å². The number of nitrogens with zero attached hydrogens (tertiary/aromatic N) is 2. The minimum absolute atomic E-state index is 0.0330. The van der Waals surface area contributed by atoms with Crippen molar-refractivity contribution in [3.05, 3.63) is 54.4 Å². The number of ether oxygens (including phenoxy) is 1. The summed E-state index contributed by atoms with van der Waals surface area (Å²) in [6, 6.07) is 15.2. The topological polar surface area (TPSA) is 70.2 Å². The van der Waals surface area contributed by atoms with E-state index in [1.165, 1.54) is 0 Å². The molecule has 1 saturated heterocycles. The first-order valence-electron chi connectivity index (χ1n) is 8.91. The number of carbonyl (C=O) groups is 1. The highest BCUT2D eigenvalue weighted by Gasteiger charge is 2.30. The van der Waals surface area contributed by atoms with Crippen LogP contribution < -0.4 is 10.1 Å². The summed E-state index contributed by atoms with van der Waals surface area (Å²) in [6.45, 7) is 0.726. The van der Waals surface area contributed by atoms with Crippen LogP contribution >= 0.6 is 0 Å². The number of carbonyl (C=O) groups excluding carboxylic acids is 1. The molecule has 2 heterocycles. The molecule has 0 radical (unpaired) electrons. The summed E-state index contributed by atoms with van der Waals surface area (Å²) < 4.78 is 5.16. The molecule has 6 nitrogen and oxygen atoms in total. The number of nitrogens with one attached hydrogen (secondary N) is 2. The molecule has 3 aromatic rings. The molecule has 2 amide bonds. The summed E-state index contributed by atoms with van der Waals surface area (Å²) >= 11 is 0. The van der Waals surface area contributed by atoms with Gasteiger partial charge in [-0.25, -0.2) is 9.78 Å². The molecule has 1 aliphatic rings. The Bertz CT molecular complexity index is 871.